The van der Waals surface area contributed by atoms with E-state index in [1.807, 2.05) is 25.1 Å². The lowest BCUT2D eigenvalue weighted by molar-refractivity contribution is -0.139. The standard InChI is InChI=1S/C12H11ClO2/c1-9-10(5-3-7-11(9)13)6-4-8-12(14)15-2/h3,5,7H,8H2,1-2H3. The third kappa shape index (κ3) is 3.30. The number of rotatable bonds is 1. The van der Waals surface area contributed by atoms with Crippen LogP contribution in [0.25, 0.3) is 0 Å². The van der Waals surface area contributed by atoms with Crippen molar-refractivity contribution in [2.45, 2.75) is 13.3 Å². The maximum Gasteiger partial charge on any atom is 0.317 e. The van der Waals surface area contributed by atoms with Crippen molar-refractivity contribution in [1.29, 1.82) is 0 Å². The number of benzene rings is 1. The SMILES string of the molecule is COC(=O)CC#Cc1cccc(Cl)c1C. The van der Waals surface area contributed by atoms with Crippen molar-refractivity contribution in [3.63, 3.8) is 0 Å². The topological polar surface area (TPSA) is 26.3 Å². The van der Waals surface area contributed by atoms with Gasteiger partial charge in [0.05, 0.1) is 7.11 Å². The Bertz CT molecular complexity index is 427. The van der Waals surface area contributed by atoms with Gasteiger partial charge in [-0.1, -0.05) is 29.5 Å². The van der Waals surface area contributed by atoms with Gasteiger partial charge in [-0.05, 0) is 24.6 Å². The average molecular weight is 223 g/mol. The van der Waals surface area contributed by atoms with Crippen molar-refractivity contribution >= 4 is 17.6 Å². The molecule has 3 heteroatoms. The predicted molar refractivity (Wildman–Crippen MR) is 59.7 cm³/mol. The second-order valence-electron chi connectivity index (χ2n) is 2.97. The summed E-state index contributed by atoms with van der Waals surface area (Å²) in [6.45, 7) is 1.89. The molecule has 2 nitrogen and oxygen atoms in total. The zero-order valence-corrected chi connectivity index (χ0v) is 9.39. The van der Waals surface area contributed by atoms with E-state index < -0.39 is 0 Å². The quantitative estimate of drug-likeness (QED) is 0.539. The number of halogens is 1. The molecule has 0 saturated carbocycles. The molecule has 1 aromatic rings. The minimum atomic E-state index is -0.331. The van der Waals surface area contributed by atoms with E-state index in [2.05, 4.69) is 16.6 Å². The van der Waals surface area contributed by atoms with Gasteiger partial charge in [0, 0.05) is 10.6 Å². The molecule has 0 aliphatic carbocycles. The number of esters is 1. The van der Waals surface area contributed by atoms with Crippen LogP contribution >= 0.6 is 11.6 Å². The molecule has 0 aromatic heterocycles. The monoisotopic (exact) mass is 222 g/mol. The fourth-order valence-electron chi connectivity index (χ4n) is 1.03. The number of carbonyl (C=O) groups excluding carboxylic acids is 1. The Morgan fingerprint density at radius 3 is 2.93 bits per heavy atom. The second kappa shape index (κ2) is 5.43. The van der Waals surface area contributed by atoms with Crippen molar-refractivity contribution in [2.75, 3.05) is 7.11 Å². The van der Waals surface area contributed by atoms with Crippen LogP contribution in [0.15, 0.2) is 18.2 Å². The second-order valence-corrected chi connectivity index (χ2v) is 3.37. The first-order valence-electron chi connectivity index (χ1n) is 4.46. The summed E-state index contributed by atoms with van der Waals surface area (Å²) in [5, 5.41) is 0.680. The summed E-state index contributed by atoms with van der Waals surface area (Å²) in [6, 6.07) is 5.51. The van der Waals surface area contributed by atoms with Crippen LogP contribution in [-0.4, -0.2) is 13.1 Å². The van der Waals surface area contributed by atoms with Gasteiger partial charge < -0.3 is 4.74 Å². The molecule has 0 unspecified atom stereocenters. The van der Waals surface area contributed by atoms with Gasteiger partial charge in [-0.3, -0.25) is 4.79 Å². The summed E-state index contributed by atoms with van der Waals surface area (Å²) in [7, 11) is 1.34. The summed E-state index contributed by atoms with van der Waals surface area (Å²) in [5.74, 6) is 5.29. The Kier molecular flexibility index (Phi) is 4.20. The van der Waals surface area contributed by atoms with E-state index >= 15 is 0 Å². The van der Waals surface area contributed by atoms with Crippen molar-refractivity contribution < 1.29 is 9.53 Å². The van der Waals surface area contributed by atoms with Crippen molar-refractivity contribution in [3.8, 4) is 11.8 Å². The fraction of sp³-hybridized carbons (Fsp3) is 0.250. The summed E-state index contributed by atoms with van der Waals surface area (Å²) >= 11 is 5.92. The zero-order valence-electron chi connectivity index (χ0n) is 8.63. The van der Waals surface area contributed by atoms with Crippen molar-refractivity contribution in [3.05, 3.63) is 34.3 Å². The van der Waals surface area contributed by atoms with Crippen molar-refractivity contribution in [1.82, 2.24) is 0 Å². The zero-order chi connectivity index (χ0) is 11.3. The van der Waals surface area contributed by atoms with Gasteiger partial charge >= 0.3 is 5.97 Å². The maximum atomic E-state index is 10.8. The average Bonchev–Trinajstić information content (AvgIpc) is 2.24. The highest BCUT2D eigenvalue weighted by molar-refractivity contribution is 6.31. The van der Waals surface area contributed by atoms with Crippen LogP contribution in [-0.2, 0) is 9.53 Å². The highest BCUT2D eigenvalue weighted by atomic mass is 35.5. The molecule has 0 N–H and O–H groups in total. The first-order valence-corrected chi connectivity index (χ1v) is 4.83. The molecule has 15 heavy (non-hydrogen) atoms. The number of carbonyl (C=O) groups is 1. The summed E-state index contributed by atoms with van der Waals surface area (Å²) < 4.78 is 4.47. The van der Waals surface area contributed by atoms with Crippen LogP contribution in [0.5, 0.6) is 0 Å². The molecule has 1 aromatic carbocycles. The van der Waals surface area contributed by atoms with Gasteiger partial charge in [0.2, 0.25) is 0 Å². The number of hydrogen-bond acceptors (Lipinski definition) is 2. The van der Waals surface area contributed by atoms with E-state index in [0.717, 1.165) is 11.1 Å². The molecular weight excluding hydrogens is 212 g/mol. The lowest BCUT2D eigenvalue weighted by Crippen LogP contribution is -1.97. The van der Waals surface area contributed by atoms with E-state index in [1.54, 1.807) is 0 Å². The molecule has 78 valence electrons. The first-order chi connectivity index (χ1) is 7.15. The van der Waals surface area contributed by atoms with Gasteiger partial charge in [0.25, 0.3) is 0 Å². The van der Waals surface area contributed by atoms with E-state index in [-0.39, 0.29) is 12.4 Å². The molecule has 0 bridgehead atoms. The molecule has 0 spiro atoms. The minimum absolute atomic E-state index is 0.0997. The smallest absolute Gasteiger partial charge is 0.317 e. The lowest BCUT2D eigenvalue weighted by atomic mass is 10.1. The Labute approximate surface area is 94.2 Å². The molecule has 0 amide bonds. The van der Waals surface area contributed by atoms with Crippen LogP contribution in [0, 0.1) is 18.8 Å². The molecule has 0 aliphatic rings. The van der Waals surface area contributed by atoms with Gasteiger partial charge in [0.15, 0.2) is 0 Å². The molecular formula is C12H11ClO2. The van der Waals surface area contributed by atoms with E-state index in [0.29, 0.717) is 5.02 Å². The fourth-order valence-corrected chi connectivity index (χ4v) is 1.20. The molecule has 1 rings (SSSR count). The van der Waals surface area contributed by atoms with E-state index in [4.69, 9.17) is 11.6 Å². The highest BCUT2D eigenvalue weighted by Crippen LogP contribution is 2.17. The Balaban J connectivity index is 2.80. The van der Waals surface area contributed by atoms with Crippen LogP contribution in [0.1, 0.15) is 17.5 Å². The predicted octanol–water partition coefficient (Wildman–Crippen LogP) is 2.56. The Morgan fingerprint density at radius 2 is 2.27 bits per heavy atom. The molecule has 0 atom stereocenters. The van der Waals surface area contributed by atoms with Gasteiger partial charge in [0.1, 0.15) is 6.42 Å². The number of methoxy groups -OCH3 is 1. The van der Waals surface area contributed by atoms with Crippen LogP contribution < -0.4 is 0 Å². The Hall–Kier alpha value is -1.46. The van der Waals surface area contributed by atoms with Crippen LogP contribution in [0.4, 0.5) is 0 Å². The highest BCUT2D eigenvalue weighted by Gasteiger charge is 1.98. The van der Waals surface area contributed by atoms with E-state index in [9.17, 15) is 4.79 Å². The van der Waals surface area contributed by atoms with Gasteiger partial charge in [-0.15, -0.1) is 0 Å². The number of ether oxygens (including phenoxy) is 1. The number of hydrogen-bond donors (Lipinski definition) is 0. The molecule has 0 aliphatic heterocycles. The minimum Gasteiger partial charge on any atom is -0.468 e. The third-order valence-electron chi connectivity index (χ3n) is 1.95. The molecule has 0 fully saturated rings. The van der Waals surface area contributed by atoms with Gasteiger partial charge in [-0.25, -0.2) is 0 Å². The summed E-state index contributed by atoms with van der Waals surface area (Å²) in [6.07, 6.45) is 0.0997. The normalized spacial score (nSPS) is 9.00. The van der Waals surface area contributed by atoms with Crippen LogP contribution in [0.3, 0.4) is 0 Å². The van der Waals surface area contributed by atoms with Crippen molar-refractivity contribution in [2.24, 2.45) is 0 Å². The maximum absolute atomic E-state index is 10.8. The summed E-state index contributed by atoms with van der Waals surface area (Å²) in [5.41, 5.74) is 1.77. The van der Waals surface area contributed by atoms with Gasteiger partial charge in [-0.2, -0.15) is 0 Å². The third-order valence-corrected chi connectivity index (χ3v) is 2.36. The summed E-state index contributed by atoms with van der Waals surface area (Å²) in [4.78, 5) is 10.8. The largest absolute Gasteiger partial charge is 0.468 e. The Morgan fingerprint density at radius 1 is 1.53 bits per heavy atom. The van der Waals surface area contributed by atoms with E-state index in [1.165, 1.54) is 7.11 Å². The lowest BCUT2D eigenvalue weighted by Gasteiger charge is -1.99. The molecule has 0 saturated heterocycles. The molecule has 0 heterocycles. The first kappa shape index (κ1) is 11.6. The molecule has 0 radical (unpaired) electrons. The van der Waals surface area contributed by atoms with Crippen LogP contribution in [0.2, 0.25) is 5.02 Å².